The second-order valence-electron chi connectivity index (χ2n) is 6.93. The van der Waals surface area contributed by atoms with Gasteiger partial charge in [-0.05, 0) is 44.2 Å². The number of pyridine rings is 1. The number of hydrogen-bond donors (Lipinski definition) is 0. The summed E-state index contributed by atoms with van der Waals surface area (Å²) in [6.45, 7) is 5.18. The maximum atomic E-state index is 12.8. The van der Waals surface area contributed by atoms with E-state index in [1.54, 1.807) is 6.20 Å². The Hall–Kier alpha value is -2.28. The molecule has 7 heteroatoms. The van der Waals surface area contributed by atoms with Crippen LogP contribution in [0.3, 0.4) is 0 Å². The molecule has 1 saturated carbocycles. The molecule has 2 aromatic rings. The number of amides is 1. The van der Waals surface area contributed by atoms with E-state index in [-0.39, 0.29) is 5.91 Å². The molecule has 1 amide bonds. The monoisotopic (exact) mass is 341 g/mol. The minimum atomic E-state index is 0.00648. The minimum Gasteiger partial charge on any atom is -0.375 e. The van der Waals surface area contributed by atoms with Crippen LogP contribution >= 0.6 is 0 Å². The van der Waals surface area contributed by atoms with Crippen molar-refractivity contribution in [1.82, 2.24) is 24.9 Å². The predicted octanol–water partition coefficient (Wildman–Crippen LogP) is 1.95. The lowest BCUT2D eigenvalue weighted by Gasteiger charge is -2.20. The maximum Gasteiger partial charge on any atom is 0.255 e. The number of nitrogens with zero attached hydrogens (tertiary/aromatic N) is 5. The average molecular weight is 341 g/mol. The Bertz CT molecular complexity index is 751. The van der Waals surface area contributed by atoms with Gasteiger partial charge in [0.2, 0.25) is 0 Å². The molecule has 2 aromatic heterocycles. The fourth-order valence-electron chi connectivity index (χ4n) is 3.06. The van der Waals surface area contributed by atoms with Gasteiger partial charge in [-0.3, -0.25) is 9.78 Å². The number of fused-ring (bicyclic) bond motifs is 1. The van der Waals surface area contributed by atoms with E-state index >= 15 is 0 Å². The molecule has 25 heavy (non-hydrogen) atoms. The molecule has 0 radical (unpaired) electrons. The van der Waals surface area contributed by atoms with Gasteiger partial charge >= 0.3 is 0 Å². The van der Waals surface area contributed by atoms with E-state index in [2.05, 4.69) is 15.3 Å². The highest BCUT2D eigenvalue weighted by molar-refractivity contribution is 5.93. The molecule has 7 nitrogen and oxygen atoms in total. The van der Waals surface area contributed by atoms with Crippen LogP contribution in [0.1, 0.15) is 46.7 Å². The highest BCUT2D eigenvalue weighted by Gasteiger charge is 2.25. The van der Waals surface area contributed by atoms with Crippen molar-refractivity contribution < 1.29 is 9.53 Å². The topological polar surface area (TPSA) is 73.1 Å². The van der Waals surface area contributed by atoms with Gasteiger partial charge in [-0.1, -0.05) is 5.21 Å². The summed E-state index contributed by atoms with van der Waals surface area (Å²) in [5.74, 6) is 0.730. The highest BCUT2D eigenvalue weighted by Crippen LogP contribution is 2.29. The molecule has 2 aliphatic rings. The van der Waals surface area contributed by atoms with Crippen LogP contribution in [-0.2, 0) is 24.4 Å². The second-order valence-corrected chi connectivity index (χ2v) is 6.93. The van der Waals surface area contributed by atoms with Gasteiger partial charge in [0, 0.05) is 31.6 Å². The number of ether oxygens (including phenoxy) is 1. The second kappa shape index (κ2) is 6.92. The van der Waals surface area contributed by atoms with E-state index in [4.69, 9.17) is 4.74 Å². The number of aryl methyl sites for hydroxylation is 2. The van der Waals surface area contributed by atoms with Gasteiger partial charge in [-0.25, -0.2) is 4.68 Å². The molecule has 1 aliphatic heterocycles. The normalized spacial score (nSPS) is 17.2. The molecule has 4 rings (SSSR count). The molecular formula is C18H23N5O2. The summed E-state index contributed by atoms with van der Waals surface area (Å²) in [6, 6.07) is 3.71. The summed E-state index contributed by atoms with van der Waals surface area (Å²) in [5.41, 5.74) is 3.37. The number of aromatic nitrogens is 4. The molecule has 132 valence electrons. The maximum absolute atomic E-state index is 12.8. The first-order chi connectivity index (χ1) is 12.2. The summed E-state index contributed by atoms with van der Waals surface area (Å²) in [5, 5.41) is 8.52. The van der Waals surface area contributed by atoms with Crippen LogP contribution in [0.25, 0.3) is 0 Å². The smallest absolute Gasteiger partial charge is 0.255 e. The molecule has 0 N–H and O–H groups in total. The Morgan fingerprint density at radius 3 is 2.96 bits per heavy atom. The fourth-order valence-corrected chi connectivity index (χ4v) is 3.06. The Labute approximate surface area is 147 Å². The molecular weight excluding hydrogens is 318 g/mol. The zero-order valence-corrected chi connectivity index (χ0v) is 14.5. The third-order valence-electron chi connectivity index (χ3n) is 4.79. The lowest BCUT2D eigenvalue weighted by atomic mass is 10.2. The van der Waals surface area contributed by atoms with Crippen molar-refractivity contribution in [3.63, 3.8) is 0 Å². The van der Waals surface area contributed by atoms with Gasteiger partial charge in [0.1, 0.15) is 5.69 Å². The summed E-state index contributed by atoms with van der Waals surface area (Å²) in [7, 11) is 0. The first-order valence-corrected chi connectivity index (χ1v) is 8.91. The lowest BCUT2D eigenvalue weighted by Crippen LogP contribution is -2.31. The average Bonchev–Trinajstić information content (AvgIpc) is 3.40. The first kappa shape index (κ1) is 16.2. The van der Waals surface area contributed by atoms with E-state index in [9.17, 15) is 4.79 Å². The van der Waals surface area contributed by atoms with Crippen LogP contribution in [0.2, 0.25) is 0 Å². The Balaban J connectivity index is 1.48. The van der Waals surface area contributed by atoms with E-state index in [1.807, 2.05) is 28.6 Å². The number of carbonyl (C=O) groups excluding carboxylic acids is 1. The molecule has 0 atom stereocenters. The largest absolute Gasteiger partial charge is 0.375 e. The number of hydrogen-bond acceptors (Lipinski definition) is 5. The minimum absolute atomic E-state index is 0.00648. The van der Waals surface area contributed by atoms with Gasteiger partial charge in [-0.2, -0.15) is 0 Å². The summed E-state index contributed by atoms with van der Waals surface area (Å²) in [4.78, 5) is 18.9. The third-order valence-corrected chi connectivity index (χ3v) is 4.79. The molecule has 1 aliphatic carbocycles. The lowest BCUT2D eigenvalue weighted by molar-refractivity contribution is 0.0741. The number of rotatable bonds is 5. The van der Waals surface area contributed by atoms with Crippen molar-refractivity contribution in [3.8, 4) is 0 Å². The van der Waals surface area contributed by atoms with Crippen molar-refractivity contribution in [1.29, 1.82) is 0 Å². The fraction of sp³-hybridized carbons (Fsp3) is 0.556. The molecule has 0 saturated heterocycles. The van der Waals surface area contributed by atoms with Crippen molar-refractivity contribution in [2.24, 2.45) is 5.92 Å². The van der Waals surface area contributed by atoms with Crippen LogP contribution in [0, 0.1) is 12.8 Å². The molecule has 3 heterocycles. The van der Waals surface area contributed by atoms with Crippen LogP contribution in [0.15, 0.2) is 18.3 Å². The van der Waals surface area contributed by atoms with E-state index < -0.39 is 0 Å². The summed E-state index contributed by atoms with van der Waals surface area (Å²) >= 11 is 0. The van der Waals surface area contributed by atoms with Gasteiger partial charge < -0.3 is 9.64 Å². The first-order valence-electron chi connectivity index (χ1n) is 8.91. The zero-order valence-electron chi connectivity index (χ0n) is 14.5. The third kappa shape index (κ3) is 3.71. The highest BCUT2D eigenvalue weighted by atomic mass is 16.5. The number of carbonyl (C=O) groups is 1. The molecule has 0 unspecified atom stereocenters. The van der Waals surface area contributed by atoms with Crippen LogP contribution in [0.5, 0.6) is 0 Å². The van der Waals surface area contributed by atoms with Gasteiger partial charge in [-0.15, -0.1) is 5.10 Å². The van der Waals surface area contributed by atoms with Gasteiger partial charge in [0.15, 0.2) is 0 Å². The quantitative estimate of drug-likeness (QED) is 0.831. The van der Waals surface area contributed by atoms with Gasteiger partial charge in [0.25, 0.3) is 5.91 Å². The Kier molecular flexibility index (Phi) is 4.48. The van der Waals surface area contributed by atoms with Gasteiger partial charge in [0.05, 0.1) is 24.4 Å². The summed E-state index contributed by atoms with van der Waals surface area (Å²) in [6.07, 6.45) is 5.06. The zero-order chi connectivity index (χ0) is 17.2. The van der Waals surface area contributed by atoms with Crippen molar-refractivity contribution >= 4 is 5.91 Å². The van der Waals surface area contributed by atoms with Crippen LogP contribution in [-0.4, -0.2) is 43.9 Å². The summed E-state index contributed by atoms with van der Waals surface area (Å²) < 4.78 is 7.69. The van der Waals surface area contributed by atoms with E-state index in [0.29, 0.717) is 25.3 Å². The van der Waals surface area contributed by atoms with E-state index in [1.165, 1.54) is 12.8 Å². The molecule has 1 fully saturated rings. The van der Waals surface area contributed by atoms with Crippen LogP contribution in [0.4, 0.5) is 0 Å². The molecule has 0 aromatic carbocycles. The van der Waals surface area contributed by atoms with Crippen molar-refractivity contribution in [2.75, 3.05) is 13.2 Å². The molecule has 0 bridgehead atoms. The molecule has 0 spiro atoms. The predicted molar refractivity (Wildman–Crippen MR) is 90.7 cm³/mol. The standard InChI is InChI=1S/C18H23N5O2/c1-13-3-6-15(9-19-13)18(24)22-7-2-8-23-17(10-22)16(20-21-23)12-25-11-14-4-5-14/h3,6,9,14H,2,4-5,7-8,10-12H2,1H3. The Morgan fingerprint density at radius 2 is 2.20 bits per heavy atom. The van der Waals surface area contributed by atoms with Crippen molar-refractivity contribution in [3.05, 3.63) is 41.0 Å². The SMILES string of the molecule is Cc1ccc(C(=O)N2CCCn3nnc(COCC4CC4)c3C2)cn1. The van der Waals surface area contributed by atoms with E-state index in [0.717, 1.165) is 42.6 Å². The Morgan fingerprint density at radius 1 is 1.32 bits per heavy atom. The van der Waals surface area contributed by atoms with Crippen LogP contribution < -0.4 is 0 Å². The van der Waals surface area contributed by atoms with Crippen molar-refractivity contribution in [2.45, 2.75) is 45.9 Å².